The Labute approximate surface area is 162 Å². The van der Waals surface area contributed by atoms with Crippen molar-refractivity contribution >= 4 is 39.9 Å². The van der Waals surface area contributed by atoms with Gasteiger partial charge in [0.25, 0.3) is 0 Å². The van der Waals surface area contributed by atoms with Crippen molar-refractivity contribution in [3.63, 3.8) is 0 Å². The Kier molecular flexibility index (Phi) is 5.69. The maximum absolute atomic E-state index is 12.6. The monoisotopic (exact) mass is 376 g/mol. The second-order valence-corrected chi connectivity index (χ2v) is 6.38. The van der Waals surface area contributed by atoms with Crippen LogP contribution in [0.4, 0.5) is 11.4 Å². The number of benzene rings is 3. The van der Waals surface area contributed by atoms with Crippen molar-refractivity contribution < 1.29 is 19.1 Å². The fourth-order valence-electron chi connectivity index (χ4n) is 2.94. The van der Waals surface area contributed by atoms with Crippen molar-refractivity contribution in [1.82, 2.24) is 0 Å². The van der Waals surface area contributed by atoms with Gasteiger partial charge in [-0.2, -0.15) is 0 Å². The maximum Gasteiger partial charge on any atom is 0.338 e. The van der Waals surface area contributed by atoms with E-state index in [1.807, 2.05) is 42.5 Å². The summed E-state index contributed by atoms with van der Waals surface area (Å²) in [4.78, 5) is 35.3. The lowest BCUT2D eigenvalue weighted by Crippen LogP contribution is -2.12. The lowest BCUT2D eigenvalue weighted by Gasteiger charge is -2.11. The van der Waals surface area contributed by atoms with Gasteiger partial charge in [0.1, 0.15) is 6.61 Å². The van der Waals surface area contributed by atoms with Crippen molar-refractivity contribution in [2.45, 2.75) is 20.5 Å². The van der Waals surface area contributed by atoms with E-state index >= 15 is 0 Å². The van der Waals surface area contributed by atoms with Crippen LogP contribution in [0.15, 0.2) is 60.7 Å². The van der Waals surface area contributed by atoms with Gasteiger partial charge in [0.15, 0.2) is 0 Å². The molecule has 0 saturated carbocycles. The van der Waals surface area contributed by atoms with Crippen LogP contribution in [-0.4, -0.2) is 17.8 Å². The SMILES string of the molecule is CC(=O)Nc1cc(NC(C)=O)cc(C(=O)OCc2cccc3ccccc23)c1. The van der Waals surface area contributed by atoms with Crippen molar-refractivity contribution in [3.05, 3.63) is 71.8 Å². The highest BCUT2D eigenvalue weighted by Gasteiger charge is 2.13. The van der Waals surface area contributed by atoms with Gasteiger partial charge in [0.2, 0.25) is 11.8 Å². The number of nitrogens with one attached hydrogen (secondary N) is 2. The summed E-state index contributed by atoms with van der Waals surface area (Å²) in [7, 11) is 0. The van der Waals surface area contributed by atoms with Crippen LogP contribution in [0.3, 0.4) is 0 Å². The summed E-state index contributed by atoms with van der Waals surface area (Å²) >= 11 is 0. The summed E-state index contributed by atoms with van der Waals surface area (Å²) in [6.07, 6.45) is 0. The number of hydrogen-bond acceptors (Lipinski definition) is 4. The third-order valence-electron chi connectivity index (χ3n) is 4.05. The summed E-state index contributed by atoms with van der Waals surface area (Å²) in [5.74, 6) is -1.11. The fraction of sp³-hybridized carbons (Fsp3) is 0.136. The molecule has 2 N–H and O–H groups in total. The molecule has 142 valence electrons. The number of amides is 2. The Morgan fingerprint density at radius 3 is 2.07 bits per heavy atom. The topological polar surface area (TPSA) is 84.5 Å². The van der Waals surface area contributed by atoms with Crippen molar-refractivity contribution in [3.8, 4) is 0 Å². The van der Waals surface area contributed by atoms with Gasteiger partial charge in [0.05, 0.1) is 5.56 Å². The lowest BCUT2D eigenvalue weighted by atomic mass is 10.1. The molecule has 0 heterocycles. The Balaban J connectivity index is 1.82. The minimum Gasteiger partial charge on any atom is -0.457 e. The molecule has 0 aromatic heterocycles. The van der Waals surface area contributed by atoms with Gasteiger partial charge in [0, 0.05) is 25.2 Å². The smallest absolute Gasteiger partial charge is 0.338 e. The Hall–Kier alpha value is -3.67. The third-order valence-corrected chi connectivity index (χ3v) is 4.05. The van der Waals surface area contributed by atoms with Crippen LogP contribution >= 0.6 is 0 Å². The molecule has 0 bridgehead atoms. The van der Waals surface area contributed by atoms with E-state index in [4.69, 9.17) is 4.74 Å². The molecule has 6 nitrogen and oxygen atoms in total. The zero-order valence-corrected chi connectivity index (χ0v) is 15.6. The third kappa shape index (κ3) is 4.73. The molecule has 3 aromatic carbocycles. The van der Waals surface area contributed by atoms with Gasteiger partial charge in [-0.25, -0.2) is 4.79 Å². The van der Waals surface area contributed by atoms with Crippen molar-refractivity contribution in [2.24, 2.45) is 0 Å². The largest absolute Gasteiger partial charge is 0.457 e. The number of anilines is 2. The summed E-state index contributed by atoms with van der Waals surface area (Å²) in [5, 5.41) is 7.31. The van der Waals surface area contributed by atoms with E-state index in [1.54, 1.807) is 6.07 Å². The molecule has 28 heavy (non-hydrogen) atoms. The predicted molar refractivity (Wildman–Crippen MR) is 108 cm³/mol. The van der Waals surface area contributed by atoms with Crippen molar-refractivity contribution in [2.75, 3.05) is 10.6 Å². The van der Waals surface area contributed by atoms with Gasteiger partial charge in [-0.3, -0.25) is 9.59 Å². The van der Waals surface area contributed by atoms with Gasteiger partial charge in [-0.15, -0.1) is 0 Å². The second kappa shape index (κ2) is 8.35. The first-order valence-electron chi connectivity index (χ1n) is 8.76. The molecule has 0 aliphatic heterocycles. The Morgan fingerprint density at radius 2 is 1.43 bits per heavy atom. The average Bonchev–Trinajstić information content (AvgIpc) is 2.64. The number of fused-ring (bicyclic) bond motifs is 1. The molecule has 6 heteroatoms. The maximum atomic E-state index is 12.6. The zero-order valence-electron chi connectivity index (χ0n) is 15.6. The number of rotatable bonds is 5. The molecule has 0 aliphatic rings. The molecule has 0 radical (unpaired) electrons. The molecule has 0 unspecified atom stereocenters. The molecule has 0 fully saturated rings. The number of carbonyl (C=O) groups excluding carboxylic acids is 3. The Bertz CT molecular complexity index is 1020. The van der Waals surface area contributed by atoms with Crippen LogP contribution in [0, 0.1) is 0 Å². The second-order valence-electron chi connectivity index (χ2n) is 6.38. The van der Waals surface area contributed by atoms with E-state index in [9.17, 15) is 14.4 Å². The first-order chi connectivity index (χ1) is 13.4. The van der Waals surface area contributed by atoms with Crippen LogP contribution in [0.5, 0.6) is 0 Å². The molecule has 0 spiro atoms. The van der Waals surface area contributed by atoms with E-state index in [0.717, 1.165) is 16.3 Å². The van der Waals surface area contributed by atoms with Crippen LogP contribution in [0.2, 0.25) is 0 Å². The quantitative estimate of drug-likeness (QED) is 0.656. The van der Waals surface area contributed by atoms with Gasteiger partial charge < -0.3 is 15.4 Å². The minimum absolute atomic E-state index is 0.111. The van der Waals surface area contributed by atoms with E-state index in [2.05, 4.69) is 10.6 Å². The van der Waals surface area contributed by atoms with Crippen molar-refractivity contribution in [1.29, 1.82) is 0 Å². The van der Waals surface area contributed by atoms with Gasteiger partial charge in [-0.05, 0) is 34.5 Å². The lowest BCUT2D eigenvalue weighted by molar-refractivity contribution is -0.115. The van der Waals surface area contributed by atoms with Gasteiger partial charge in [-0.1, -0.05) is 42.5 Å². The first-order valence-corrected chi connectivity index (χ1v) is 8.76. The fourth-order valence-corrected chi connectivity index (χ4v) is 2.94. The van der Waals surface area contributed by atoms with Crippen LogP contribution in [0.1, 0.15) is 29.8 Å². The molecule has 0 atom stereocenters. The zero-order chi connectivity index (χ0) is 20.1. The summed E-state index contributed by atoms with van der Waals surface area (Å²) in [6.45, 7) is 2.84. The molecule has 3 rings (SSSR count). The molecular formula is C22H20N2O4. The van der Waals surface area contributed by atoms with E-state index in [1.165, 1.54) is 26.0 Å². The minimum atomic E-state index is -0.549. The summed E-state index contributed by atoms with van der Waals surface area (Å²) < 4.78 is 5.48. The number of carbonyl (C=O) groups is 3. The van der Waals surface area contributed by atoms with Gasteiger partial charge >= 0.3 is 5.97 Å². The highest BCUT2D eigenvalue weighted by atomic mass is 16.5. The van der Waals surface area contributed by atoms with E-state index in [-0.39, 0.29) is 24.0 Å². The highest BCUT2D eigenvalue weighted by molar-refractivity contribution is 5.97. The standard InChI is InChI=1S/C22H20N2O4/c1-14(25)23-19-10-18(11-20(12-19)24-15(2)26)22(27)28-13-17-8-5-7-16-6-3-4-9-21(16)17/h3-12H,13H2,1-2H3,(H,23,25)(H,24,26). The Morgan fingerprint density at radius 1 is 0.821 bits per heavy atom. The van der Waals surface area contributed by atoms with E-state index < -0.39 is 5.97 Å². The predicted octanol–water partition coefficient (Wildman–Crippen LogP) is 4.11. The van der Waals surface area contributed by atoms with Crippen LogP contribution < -0.4 is 10.6 Å². The molecule has 2 amide bonds. The molecule has 0 aliphatic carbocycles. The highest BCUT2D eigenvalue weighted by Crippen LogP contribution is 2.22. The van der Waals surface area contributed by atoms with Crippen LogP contribution in [-0.2, 0) is 20.9 Å². The van der Waals surface area contributed by atoms with E-state index in [0.29, 0.717) is 11.4 Å². The first kappa shape index (κ1) is 19.1. The van der Waals surface area contributed by atoms with Crippen LogP contribution in [0.25, 0.3) is 10.8 Å². The molecular weight excluding hydrogens is 356 g/mol. The normalized spacial score (nSPS) is 10.4. The number of ether oxygens (including phenoxy) is 1. The number of hydrogen-bond donors (Lipinski definition) is 2. The summed E-state index contributed by atoms with van der Waals surface area (Å²) in [5.41, 5.74) is 1.92. The average molecular weight is 376 g/mol. The number of esters is 1. The molecule has 0 saturated heterocycles. The molecule has 3 aromatic rings. The summed E-state index contributed by atoms with van der Waals surface area (Å²) in [6, 6.07) is 18.3.